The van der Waals surface area contributed by atoms with Crippen LogP contribution in [0.1, 0.15) is 45.4 Å². The molecule has 0 aromatic rings. The Hall–Kier alpha value is -0.810. The molecule has 0 aromatic carbocycles. The van der Waals surface area contributed by atoms with Crippen LogP contribution < -0.4 is 11.1 Å². The molecule has 2 amide bonds. The molecule has 116 valence electrons. The summed E-state index contributed by atoms with van der Waals surface area (Å²) in [5.41, 5.74) is 5.72. The molecule has 0 bridgehead atoms. The monoisotopic (exact) mass is 303 g/mol. The molecule has 3 N–H and O–H groups in total. The average molecular weight is 304 g/mol. The molecule has 1 saturated carbocycles. The van der Waals surface area contributed by atoms with Crippen molar-refractivity contribution in [2.24, 2.45) is 11.7 Å². The number of halogens is 1. The molecule has 0 radical (unpaired) electrons. The lowest BCUT2D eigenvalue weighted by Gasteiger charge is -2.35. The summed E-state index contributed by atoms with van der Waals surface area (Å²) in [5, 5.41) is 3.05. The average Bonchev–Trinajstić information content (AvgIpc) is 3.28. The third-order valence-corrected chi connectivity index (χ3v) is 4.20. The van der Waals surface area contributed by atoms with E-state index in [1.54, 1.807) is 4.90 Å². The van der Waals surface area contributed by atoms with Crippen molar-refractivity contribution < 1.29 is 9.59 Å². The van der Waals surface area contributed by atoms with Crippen molar-refractivity contribution in [3.8, 4) is 0 Å². The minimum absolute atomic E-state index is 0. The molecule has 20 heavy (non-hydrogen) atoms. The molecule has 2 fully saturated rings. The van der Waals surface area contributed by atoms with Gasteiger partial charge in [0.15, 0.2) is 0 Å². The number of nitrogens with one attached hydrogen (secondary N) is 1. The van der Waals surface area contributed by atoms with Crippen molar-refractivity contribution in [2.45, 2.75) is 57.5 Å². The number of carbonyl (C=O) groups is 2. The molecule has 1 heterocycles. The second kappa shape index (κ2) is 7.84. The Morgan fingerprint density at radius 3 is 2.55 bits per heavy atom. The molecular formula is C14H26ClN3O2. The molecule has 1 aliphatic heterocycles. The molecule has 2 unspecified atom stereocenters. The van der Waals surface area contributed by atoms with Crippen molar-refractivity contribution in [1.29, 1.82) is 0 Å². The second-order valence-electron chi connectivity index (χ2n) is 5.64. The molecule has 1 aliphatic carbocycles. The first-order valence-electron chi connectivity index (χ1n) is 7.47. The highest BCUT2D eigenvalue weighted by atomic mass is 35.5. The predicted octanol–water partition coefficient (Wildman–Crippen LogP) is 1.05. The standard InChI is InChI=1S/C14H25N3O2.ClH/c1-2-13(18)17-8-4-3-5-12(17)14(19)16-11(9-15)10-6-7-10;/h10-12H,2-9,15H2,1H3,(H,16,19);1H. The lowest BCUT2D eigenvalue weighted by Crippen LogP contribution is -2.55. The van der Waals surface area contributed by atoms with Gasteiger partial charge in [-0.05, 0) is 38.0 Å². The van der Waals surface area contributed by atoms with Crippen LogP contribution in [-0.2, 0) is 9.59 Å². The van der Waals surface area contributed by atoms with Gasteiger partial charge in [-0.25, -0.2) is 0 Å². The number of hydrogen-bond acceptors (Lipinski definition) is 3. The van der Waals surface area contributed by atoms with Crippen LogP contribution in [-0.4, -0.2) is 41.9 Å². The highest BCUT2D eigenvalue weighted by Gasteiger charge is 2.36. The van der Waals surface area contributed by atoms with E-state index < -0.39 is 0 Å². The van der Waals surface area contributed by atoms with E-state index in [9.17, 15) is 9.59 Å². The van der Waals surface area contributed by atoms with Crippen LogP contribution >= 0.6 is 12.4 Å². The SMILES string of the molecule is CCC(=O)N1CCCCC1C(=O)NC(CN)C1CC1.Cl. The maximum Gasteiger partial charge on any atom is 0.243 e. The second-order valence-corrected chi connectivity index (χ2v) is 5.64. The van der Waals surface area contributed by atoms with E-state index >= 15 is 0 Å². The van der Waals surface area contributed by atoms with Crippen LogP contribution in [0.5, 0.6) is 0 Å². The van der Waals surface area contributed by atoms with Crippen LogP contribution in [0.2, 0.25) is 0 Å². The van der Waals surface area contributed by atoms with E-state index in [2.05, 4.69) is 5.32 Å². The Morgan fingerprint density at radius 1 is 1.30 bits per heavy atom. The molecule has 0 spiro atoms. The summed E-state index contributed by atoms with van der Waals surface area (Å²) in [4.78, 5) is 26.0. The minimum Gasteiger partial charge on any atom is -0.350 e. The summed E-state index contributed by atoms with van der Waals surface area (Å²) in [6.07, 6.45) is 5.57. The molecule has 2 aliphatic rings. The van der Waals surface area contributed by atoms with E-state index in [4.69, 9.17) is 5.73 Å². The van der Waals surface area contributed by atoms with Gasteiger partial charge in [-0.3, -0.25) is 9.59 Å². The van der Waals surface area contributed by atoms with E-state index in [0.29, 0.717) is 25.4 Å². The van der Waals surface area contributed by atoms with Gasteiger partial charge in [0.25, 0.3) is 0 Å². The third kappa shape index (κ3) is 4.09. The van der Waals surface area contributed by atoms with Crippen LogP contribution in [0.4, 0.5) is 0 Å². The zero-order valence-corrected chi connectivity index (χ0v) is 13.0. The number of hydrogen-bond donors (Lipinski definition) is 2. The fourth-order valence-corrected chi connectivity index (χ4v) is 2.85. The molecular weight excluding hydrogens is 278 g/mol. The lowest BCUT2D eigenvalue weighted by atomic mass is 10.00. The van der Waals surface area contributed by atoms with E-state index in [1.807, 2.05) is 6.92 Å². The predicted molar refractivity (Wildman–Crippen MR) is 80.6 cm³/mol. The van der Waals surface area contributed by atoms with Gasteiger partial charge in [-0.2, -0.15) is 0 Å². The van der Waals surface area contributed by atoms with Crippen LogP contribution in [0, 0.1) is 5.92 Å². The number of amides is 2. The molecule has 5 nitrogen and oxygen atoms in total. The molecule has 2 rings (SSSR count). The van der Waals surface area contributed by atoms with E-state index in [0.717, 1.165) is 32.1 Å². The van der Waals surface area contributed by atoms with Crippen molar-refractivity contribution >= 4 is 24.2 Å². The topological polar surface area (TPSA) is 75.4 Å². The van der Waals surface area contributed by atoms with Gasteiger partial charge in [0.1, 0.15) is 6.04 Å². The van der Waals surface area contributed by atoms with Gasteiger partial charge >= 0.3 is 0 Å². The lowest BCUT2D eigenvalue weighted by molar-refractivity contribution is -0.142. The molecule has 0 aromatic heterocycles. The maximum absolute atomic E-state index is 12.4. The maximum atomic E-state index is 12.4. The zero-order valence-electron chi connectivity index (χ0n) is 12.1. The highest BCUT2D eigenvalue weighted by Crippen LogP contribution is 2.32. The van der Waals surface area contributed by atoms with Gasteiger partial charge < -0.3 is 16.0 Å². The third-order valence-electron chi connectivity index (χ3n) is 4.20. The van der Waals surface area contributed by atoms with Crippen molar-refractivity contribution in [1.82, 2.24) is 10.2 Å². The summed E-state index contributed by atoms with van der Waals surface area (Å²) >= 11 is 0. The van der Waals surface area contributed by atoms with Crippen molar-refractivity contribution in [3.63, 3.8) is 0 Å². The number of likely N-dealkylation sites (tertiary alicyclic amines) is 1. The minimum atomic E-state index is -0.283. The van der Waals surface area contributed by atoms with Gasteiger partial charge in [0.2, 0.25) is 11.8 Å². The molecule has 1 saturated heterocycles. The Kier molecular flexibility index (Phi) is 6.76. The zero-order chi connectivity index (χ0) is 13.8. The summed E-state index contributed by atoms with van der Waals surface area (Å²) in [6.45, 7) is 3.05. The van der Waals surface area contributed by atoms with Crippen molar-refractivity contribution in [3.05, 3.63) is 0 Å². The first-order valence-corrected chi connectivity index (χ1v) is 7.47. The fourth-order valence-electron chi connectivity index (χ4n) is 2.85. The Labute approximate surface area is 127 Å². The van der Waals surface area contributed by atoms with Gasteiger partial charge in [-0.1, -0.05) is 6.92 Å². The van der Waals surface area contributed by atoms with Gasteiger partial charge in [0.05, 0.1) is 0 Å². The first-order chi connectivity index (χ1) is 9.17. The van der Waals surface area contributed by atoms with Crippen LogP contribution in [0.15, 0.2) is 0 Å². The fraction of sp³-hybridized carbons (Fsp3) is 0.857. The molecule has 2 atom stereocenters. The number of carbonyl (C=O) groups excluding carboxylic acids is 2. The number of nitrogens with two attached hydrogens (primary N) is 1. The quantitative estimate of drug-likeness (QED) is 0.797. The van der Waals surface area contributed by atoms with Gasteiger partial charge in [-0.15, -0.1) is 12.4 Å². The summed E-state index contributed by atoms with van der Waals surface area (Å²) in [6, 6.07) is -0.193. The summed E-state index contributed by atoms with van der Waals surface area (Å²) in [5.74, 6) is 0.618. The van der Waals surface area contributed by atoms with Crippen molar-refractivity contribution in [2.75, 3.05) is 13.1 Å². The first kappa shape index (κ1) is 17.2. The number of rotatable bonds is 5. The summed E-state index contributed by atoms with van der Waals surface area (Å²) < 4.78 is 0. The van der Waals surface area contributed by atoms with E-state index in [-0.39, 0.29) is 36.3 Å². The molecule has 6 heteroatoms. The largest absolute Gasteiger partial charge is 0.350 e. The Balaban J connectivity index is 0.00000200. The summed E-state index contributed by atoms with van der Waals surface area (Å²) in [7, 11) is 0. The van der Waals surface area contributed by atoms with Gasteiger partial charge in [0, 0.05) is 25.6 Å². The Morgan fingerprint density at radius 2 is 2.00 bits per heavy atom. The highest BCUT2D eigenvalue weighted by molar-refractivity contribution is 5.88. The normalized spacial score (nSPS) is 23.7. The van der Waals surface area contributed by atoms with Crippen LogP contribution in [0.3, 0.4) is 0 Å². The number of nitrogens with zero attached hydrogens (tertiary/aromatic N) is 1. The smallest absolute Gasteiger partial charge is 0.243 e. The van der Waals surface area contributed by atoms with E-state index in [1.165, 1.54) is 0 Å². The van der Waals surface area contributed by atoms with Crippen LogP contribution in [0.25, 0.3) is 0 Å². The Bertz CT molecular complexity index is 347. The number of piperidine rings is 1.